The Kier molecular flexibility index (Phi) is 5.31. The zero-order valence-corrected chi connectivity index (χ0v) is 16.8. The minimum Gasteiger partial charge on any atom is -0.457 e. The van der Waals surface area contributed by atoms with Crippen LogP contribution in [0, 0.1) is 11.2 Å². The highest BCUT2D eigenvalue weighted by Crippen LogP contribution is 2.46. The number of rotatable bonds is 6. The molecule has 2 aromatic carbocycles. The Hall–Kier alpha value is -3.18. The van der Waals surface area contributed by atoms with E-state index in [1.807, 2.05) is 0 Å². The topological polar surface area (TPSA) is 128 Å². The highest BCUT2D eigenvalue weighted by Gasteiger charge is 2.58. The summed E-state index contributed by atoms with van der Waals surface area (Å²) in [4.78, 5) is 23.6. The number of benzene rings is 2. The number of ether oxygens (including phenoxy) is 3. The fraction of sp³-hybridized carbons (Fsp3) is 0.300. The first-order valence-corrected chi connectivity index (χ1v) is 10.9. The van der Waals surface area contributed by atoms with Crippen molar-refractivity contribution in [3.05, 3.63) is 54.3 Å². The first-order chi connectivity index (χ1) is 14.7. The molecule has 0 radical (unpaired) electrons. The summed E-state index contributed by atoms with van der Waals surface area (Å²) in [5.41, 5.74) is -0.00438. The fourth-order valence-electron chi connectivity index (χ4n) is 3.91. The van der Waals surface area contributed by atoms with E-state index in [1.165, 1.54) is 54.0 Å². The lowest BCUT2D eigenvalue weighted by atomic mass is 9.87. The fourth-order valence-corrected chi connectivity index (χ4v) is 5.73. The number of hydrogen-bond donors (Lipinski definition) is 2. The number of hydroxylamine groups is 1. The summed E-state index contributed by atoms with van der Waals surface area (Å²) in [6.07, 6.45) is -2.58. The van der Waals surface area contributed by atoms with Crippen molar-refractivity contribution in [2.45, 2.75) is 29.9 Å². The van der Waals surface area contributed by atoms with Crippen molar-refractivity contribution in [2.75, 3.05) is 5.75 Å². The molecule has 1 aliphatic carbocycles. The molecule has 11 heteroatoms. The first kappa shape index (κ1) is 21.1. The van der Waals surface area contributed by atoms with Crippen LogP contribution in [0.5, 0.6) is 11.5 Å². The zero-order valence-electron chi connectivity index (χ0n) is 16.0. The molecule has 2 unspecified atom stereocenters. The predicted octanol–water partition coefficient (Wildman–Crippen LogP) is 2.58. The Morgan fingerprint density at radius 2 is 1.58 bits per heavy atom. The van der Waals surface area contributed by atoms with Crippen LogP contribution in [0.2, 0.25) is 0 Å². The van der Waals surface area contributed by atoms with Gasteiger partial charge in [0.05, 0.1) is 16.1 Å². The molecule has 2 aliphatic rings. The number of carbonyl (C=O) groups is 2. The van der Waals surface area contributed by atoms with Gasteiger partial charge in [-0.15, -0.1) is 0 Å². The van der Waals surface area contributed by atoms with Gasteiger partial charge in [-0.2, -0.15) is 0 Å². The number of nitrogens with one attached hydrogen (secondary N) is 1. The molecular weight excluding hydrogens is 433 g/mol. The van der Waals surface area contributed by atoms with Gasteiger partial charge in [0, 0.05) is 12.8 Å². The molecule has 0 aromatic heterocycles. The van der Waals surface area contributed by atoms with Gasteiger partial charge in [0.15, 0.2) is 9.84 Å². The standard InChI is InChI=1S/C20H18FNO8S/c21-12-1-3-13(4-2-12)28-14-5-7-15(8-6-14)31(26,27)11-20(18(23)22-25)9-16-17(10-20)30-19(24)29-16/h1-8,16-17,25H,9-11H2,(H,22,23). The molecular formula is C20H18FNO8S. The van der Waals surface area contributed by atoms with E-state index in [0.29, 0.717) is 11.5 Å². The molecule has 31 heavy (non-hydrogen) atoms. The van der Waals surface area contributed by atoms with Gasteiger partial charge in [0.1, 0.15) is 29.5 Å². The van der Waals surface area contributed by atoms with Gasteiger partial charge >= 0.3 is 6.16 Å². The zero-order chi connectivity index (χ0) is 22.2. The van der Waals surface area contributed by atoms with Gasteiger partial charge in [0.2, 0.25) is 0 Å². The van der Waals surface area contributed by atoms with Crippen LogP contribution in [0.15, 0.2) is 53.4 Å². The number of carbonyl (C=O) groups excluding carboxylic acids is 2. The largest absolute Gasteiger partial charge is 0.509 e. The van der Waals surface area contributed by atoms with Gasteiger partial charge in [-0.1, -0.05) is 0 Å². The van der Waals surface area contributed by atoms with Crippen molar-refractivity contribution in [1.82, 2.24) is 5.48 Å². The summed E-state index contributed by atoms with van der Waals surface area (Å²) in [7, 11) is -3.97. The summed E-state index contributed by atoms with van der Waals surface area (Å²) in [5.74, 6) is -1.20. The van der Waals surface area contributed by atoms with Gasteiger partial charge in [-0.05, 0) is 48.5 Å². The first-order valence-electron chi connectivity index (χ1n) is 9.29. The molecule has 1 amide bonds. The molecule has 2 atom stereocenters. The Morgan fingerprint density at radius 3 is 2.10 bits per heavy atom. The second kappa shape index (κ2) is 7.82. The van der Waals surface area contributed by atoms with E-state index in [-0.39, 0.29) is 17.7 Å². The molecule has 1 saturated carbocycles. The number of halogens is 1. The third-order valence-electron chi connectivity index (χ3n) is 5.38. The maximum absolute atomic E-state index is 13.0. The number of fused-ring (bicyclic) bond motifs is 1. The molecule has 2 N–H and O–H groups in total. The third kappa shape index (κ3) is 4.19. The summed E-state index contributed by atoms with van der Waals surface area (Å²) in [6.45, 7) is 0. The lowest BCUT2D eigenvalue weighted by Gasteiger charge is -2.26. The van der Waals surface area contributed by atoms with E-state index in [9.17, 15) is 22.4 Å². The number of hydrogen-bond acceptors (Lipinski definition) is 8. The molecule has 9 nitrogen and oxygen atoms in total. The molecule has 2 fully saturated rings. The van der Waals surface area contributed by atoms with Crippen molar-refractivity contribution < 1.29 is 41.8 Å². The smallest absolute Gasteiger partial charge is 0.457 e. The van der Waals surface area contributed by atoms with Crippen LogP contribution in [-0.2, 0) is 24.1 Å². The van der Waals surface area contributed by atoms with Crippen molar-refractivity contribution in [2.24, 2.45) is 5.41 Å². The van der Waals surface area contributed by atoms with Gasteiger partial charge in [-0.3, -0.25) is 10.0 Å². The average Bonchev–Trinajstić information content (AvgIpc) is 3.23. The monoisotopic (exact) mass is 451 g/mol. The number of amides is 1. The second-order valence-corrected chi connectivity index (χ2v) is 9.47. The van der Waals surface area contributed by atoms with E-state index in [2.05, 4.69) is 0 Å². The molecule has 1 saturated heterocycles. The number of sulfone groups is 1. The average molecular weight is 451 g/mol. The summed E-state index contributed by atoms with van der Waals surface area (Å²) < 4.78 is 54.5. The Morgan fingerprint density at radius 1 is 1.06 bits per heavy atom. The van der Waals surface area contributed by atoms with Crippen LogP contribution < -0.4 is 10.2 Å². The van der Waals surface area contributed by atoms with E-state index < -0.39 is 51.1 Å². The van der Waals surface area contributed by atoms with Crippen LogP contribution in [0.1, 0.15) is 12.8 Å². The Labute approximate surface area is 176 Å². The van der Waals surface area contributed by atoms with Crippen molar-refractivity contribution >= 4 is 21.9 Å². The van der Waals surface area contributed by atoms with Crippen LogP contribution in [0.3, 0.4) is 0 Å². The van der Waals surface area contributed by atoms with Crippen molar-refractivity contribution in [3.63, 3.8) is 0 Å². The molecule has 1 heterocycles. The summed E-state index contributed by atoms with van der Waals surface area (Å²) in [5, 5.41) is 9.15. The molecule has 0 bridgehead atoms. The van der Waals surface area contributed by atoms with E-state index in [0.717, 1.165) is 0 Å². The Balaban J connectivity index is 1.52. The lowest BCUT2D eigenvalue weighted by molar-refractivity contribution is -0.139. The molecule has 2 aromatic rings. The molecule has 0 spiro atoms. The van der Waals surface area contributed by atoms with Gasteiger partial charge in [-0.25, -0.2) is 23.1 Å². The summed E-state index contributed by atoms with van der Waals surface area (Å²) >= 11 is 0. The normalized spacial score (nSPS) is 24.8. The molecule has 1 aliphatic heterocycles. The second-order valence-electron chi connectivity index (χ2n) is 7.48. The van der Waals surface area contributed by atoms with E-state index in [1.54, 1.807) is 0 Å². The van der Waals surface area contributed by atoms with Crippen LogP contribution in [0.25, 0.3) is 0 Å². The SMILES string of the molecule is O=C1OC2CC(CS(=O)(=O)c3ccc(Oc4ccc(F)cc4)cc3)(C(=O)NO)CC2O1. The van der Waals surface area contributed by atoms with E-state index in [4.69, 9.17) is 19.4 Å². The Bertz CT molecular complexity index is 1090. The predicted molar refractivity (Wildman–Crippen MR) is 102 cm³/mol. The molecule has 4 rings (SSSR count). The highest BCUT2D eigenvalue weighted by atomic mass is 32.2. The van der Waals surface area contributed by atoms with Crippen LogP contribution in [-0.4, -0.2) is 43.6 Å². The highest BCUT2D eigenvalue weighted by molar-refractivity contribution is 7.91. The minimum atomic E-state index is -3.97. The molecule has 164 valence electrons. The maximum atomic E-state index is 13.0. The van der Waals surface area contributed by atoms with Gasteiger partial charge in [0.25, 0.3) is 5.91 Å². The maximum Gasteiger partial charge on any atom is 0.509 e. The quantitative estimate of drug-likeness (QED) is 0.390. The van der Waals surface area contributed by atoms with Crippen LogP contribution >= 0.6 is 0 Å². The van der Waals surface area contributed by atoms with Crippen LogP contribution in [0.4, 0.5) is 9.18 Å². The van der Waals surface area contributed by atoms with Crippen molar-refractivity contribution in [1.29, 1.82) is 0 Å². The lowest BCUT2D eigenvalue weighted by Crippen LogP contribution is -2.43. The van der Waals surface area contributed by atoms with E-state index >= 15 is 0 Å². The third-order valence-corrected chi connectivity index (χ3v) is 7.30. The summed E-state index contributed by atoms with van der Waals surface area (Å²) in [6, 6.07) is 10.9. The minimum absolute atomic E-state index is 0.0564. The van der Waals surface area contributed by atoms with Crippen molar-refractivity contribution in [3.8, 4) is 11.5 Å². The van der Waals surface area contributed by atoms with Gasteiger partial charge < -0.3 is 14.2 Å².